The van der Waals surface area contributed by atoms with Crippen LogP contribution in [0.1, 0.15) is 5.56 Å². The molecular formula is C24H29N5O4. The Bertz CT molecular complexity index is 1040. The van der Waals surface area contributed by atoms with Gasteiger partial charge < -0.3 is 24.8 Å². The summed E-state index contributed by atoms with van der Waals surface area (Å²) in [7, 11) is 1.61. The molecule has 174 valence electrons. The van der Waals surface area contributed by atoms with Gasteiger partial charge in [0.15, 0.2) is 0 Å². The molecule has 0 unspecified atom stereocenters. The molecule has 1 aliphatic heterocycles. The van der Waals surface area contributed by atoms with Crippen molar-refractivity contribution in [3.63, 3.8) is 0 Å². The Morgan fingerprint density at radius 3 is 2.79 bits per heavy atom. The molecule has 9 heteroatoms. The molecule has 0 aliphatic carbocycles. The number of benzene rings is 2. The van der Waals surface area contributed by atoms with Gasteiger partial charge >= 0.3 is 6.03 Å². The second-order valence-corrected chi connectivity index (χ2v) is 7.62. The van der Waals surface area contributed by atoms with Crippen molar-refractivity contribution < 1.29 is 19.0 Å². The molecule has 1 aromatic heterocycles. The van der Waals surface area contributed by atoms with Crippen molar-refractivity contribution in [1.29, 1.82) is 0 Å². The number of amides is 2. The van der Waals surface area contributed by atoms with E-state index in [1.807, 2.05) is 48.7 Å². The fourth-order valence-electron chi connectivity index (χ4n) is 3.63. The molecular weight excluding hydrogens is 422 g/mol. The highest BCUT2D eigenvalue weighted by atomic mass is 16.5. The van der Waals surface area contributed by atoms with Crippen LogP contribution in [0.25, 0.3) is 11.1 Å². The smallest absolute Gasteiger partial charge is 0.319 e. The van der Waals surface area contributed by atoms with Gasteiger partial charge in [0.2, 0.25) is 0 Å². The number of rotatable bonds is 9. The van der Waals surface area contributed by atoms with Gasteiger partial charge in [0.25, 0.3) is 0 Å². The highest BCUT2D eigenvalue weighted by Crippen LogP contribution is 2.31. The second-order valence-electron chi connectivity index (χ2n) is 7.62. The number of hydrogen-bond acceptors (Lipinski definition) is 6. The minimum atomic E-state index is -0.324. The number of carbonyl (C=O) groups excluding carboxylic acids is 1. The lowest BCUT2D eigenvalue weighted by Crippen LogP contribution is -2.38. The van der Waals surface area contributed by atoms with Crippen LogP contribution < -0.4 is 20.1 Å². The van der Waals surface area contributed by atoms with Crippen molar-refractivity contribution in [3.05, 3.63) is 60.4 Å². The Labute approximate surface area is 193 Å². The average Bonchev–Trinajstić information content (AvgIpc) is 3.39. The number of hydrogen-bond donors (Lipinski definition) is 3. The lowest BCUT2D eigenvalue weighted by atomic mass is 10.1. The molecule has 2 heterocycles. The standard InChI is InChI=1S/C24H29N5O4/c1-31-22-5-3-2-4-19(22)15-25-24(30)28-21-7-6-18(20-16-26-27-17-20)14-23(21)33-13-10-29-8-11-32-12-9-29/h2-7,14,16-17H,8-13,15H2,1H3,(H,26,27)(H2,25,28,30). The lowest BCUT2D eigenvalue weighted by Gasteiger charge is -2.26. The first-order valence-electron chi connectivity index (χ1n) is 11.0. The van der Waals surface area contributed by atoms with Crippen LogP contribution in [0.3, 0.4) is 0 Å². The largest absolute Gasteiger partial charge is 0.496 e. The number of aromatic nitrogens is 2. The molecule has 1 fully saturated rings. The maximum absolute atomic E-state index is 12.6. The summed E-state index contributed by atoms with van der Waals surface area (Å²) in [4.78, 5) is 14.9. The molecule has 0 spiro atoms. The number of nitrogens with zero attached hydrogens (tertiary/aromatic N) is 2. The Morgan fingerprint density at radius 1 is 1.15 bits per heavy atom. The summed E-state index contributed by atoms with van der Waals surface area (Å²) in [5.41, 5.74) is 3.39. The van der Waals surface area contributed by atoms with Crippen molar-refractivity contribution in [2.24, 2.45) is 0 Å². The van der Waals surface area contributed by atoms with Crippen molar-refractivity contribution >= 4 is 11.7 Å². The summed E-state index contributed by atoms with van der Waals surface area (Å²) in [5.74, 6) is 1.34. The third kappa shape index (κ3) is 6.24. The molecule has 2 aromatic carbocycles. The lowest BCUT2D eigenvalue weighted by molar-refractivity contribution is 0.0323. The van der Waals surface area contributed by atoms with E-state index in [-0.39, 0.29) is 6.03 Å². The zero-order valence-electron chi connectivity index (χ0n) is 18.7. The van der Waals surface area contributed by atoms with Crippen LogP contribution in [0.4, 0.5) is 10.5 Å². The quantitative estimate of drug-likeness (QED) is 0.462. The third-order valence-electron chi connectivity index (χ3n) is 5.46. The zero-order valence-corrected chi connectivity index (χ0v) is 18.7. The highest BCUT2D eigenvalue weighted by Gasteiger charge is 2.14. The molecule has 3 aromatic rings. The Kier molecular flexibility index (Phi) is 7.78. The SMILES string of the molecule is COc1ccccc1CNC(=O)Nc1ccc(-c2cn[nH]c2)cc1OCCN1CCOCC1. The molecule has 33 heavy (non-hydrogen) atoms. The van der Waals surface area contributed by atoms with E-state index in [0.29, 0.717) is 24.6 Å². The molecule has 1 saturated heterocycles. The molecule has 1 aliphatic rings. The Morgan fingerprint density at radius 2 is 2.00 bits per heavy atom. The van der Waals surface area contributed by atoms with Crippen molar-refractivity contribution in [1.82, 2.24) is 20.4 Å². The summed E-state index contributed by atoms with van der Waals surface area (Å²) in [6, 6.07) is 12.9. The average molecular weight is 452 g/mol. The number of aromatic amines is 1. The predicted octanol–water partition coefficient (Wildman–Crippen LogP) is 3.12. The van der Waals surface area contributed by atoms with Crippen LogP contribution in [0.15, 0.2) is 54.9 Å². The van der Waals surface area contributed by atoms with Crippen LogP contribution in [-0.4, -0.2) is 67.7 Å². The van der Waals surface area contributed by atoms with Gasteiger partial charge in [-0.25, -0.2) is 4.79 Å². The topological polar surface area (TPSA) is 101 Å². The Balaban J connectivity index is 1.42. The van der Waals surface area contributed by atoms with Crippen LogP contribution in [0.5, 0.6) is 11.5 Å². The van der Waals surface area contributed by atoms with Crippen LogP contribution >= 0.6 is 0 Å². The second kappa shape index (κ2) is 11.3. The first-order chi connectivity index (χ1) is 16.2. The predicted molar refractivity (Wildman–Crippen MR) is 126 cm³/mol. The molecule has 0 saturated carbocycles. The molecule has 9 nitrogen and oxygen atoms in total. The van der Waals surface area contributed by atoms with Gasteiger partial charge in [-0.1, -0.05) is 24.3 Å². The fraction of sp³-hybridized carbons (Fsp3) is 0.333. The monoisotopic (exact) mass is 451 g/mol. The summed E-state index contributed by atoms with van der Waals surface area (Å²) >= 11 is 0. The number of morpholine rings is 1. The minimum absolute atomic E-state index is 0.324. The number of para-hydroxylation sites is 1. The number of carbonyl (C=O) groups is 1. The van der Waals surface area contributed by atoms with Crippen molar-refractivity contribution in [2.45, 2.75) is 6.54 Å². The zero-order chi connectivity index (χ0) is 22.9. The minimum Gasteiger partial charge on any atom is -0.496 e. The van der Waals surface area contributed by atoms with Gasteiger partial charge in [-0.2, -0.15) is 5.10 Å². The summed E-state index contributed by atoms with van der Waals surface area (Å²) in [6.07, 6.45) is 3.57. The van der Waals surface area contributed by atoms with Gasteiger partial charge in [-0.15, -0.1) is 0 Å². The maximum Gasteiger partial charge on any atom is 0.319 e. The Hall–Kier alpha value is -3.56. The maximum atomic E-state index is 12.6. The summed E-state index contributed by atoms with van der Waals surface area (Å²) in [5, 5.41) is 12.6. The summed E-state index contributed by atoms with van der Waals surface area (Å²) < 4.78 is 16.8. The number of urea groups is 1. The molecule has 3 N–H and O–H groups in total. The van der Waals surface area contributed by atoms with Crippen LogP contribution in [0, 0.1) is 0 Å². The molecule has 0 radical (unpaired) electrons. The fourth-order valence-corrected chi connectivity index (χ4v) is 3.63. The van der Waals surface area contributed by atoms with E-state index in [9.17, 15) is 4.79 Å². The van der Waals surface area contributed by atoms with E-state index in [4.69, 9.17) is 14.2 Å². The molecule has 4 rings (SSSR count). The number of H-pyrrole nitrogens is 1. The van der Waals surface area contributed by atoms with E-state index in [1.165, 1.54) is 0 Å². The van der Waals surface area contributed by atoms with Crippen LogP contribution in [-0.2, 0) is 11.3 Å². The van der Waals surface area contributed by atoms with Crippen molar-refractivity contribution in [3.8, 4) is 22.6 Å². The molecule has 2 amide bonds. The number of ether oxygens (including phenoxy) is 3. The van der Waals surface area contributed by atoms with E-state index in [1.54, 1.807) is 13.3 Å². The van der Waals surface area contributed by atoms with E-state index >= 15 is 0 Å². The van der Waals surface area contributed by atoms with Crippen molar-refractivity contribution in [2.75, 3.05) is 51.9 Å². The number of methoxy groups -OCH3 is 1. The number of nitrogens with one attached hydrogen (secondary N) is 3. The van der Waals surface area contributed by atoms with Gasteiger partial charge in [0.05, 0.1) is 32.2 Å². The van der Waals surface area contributed by atoms with E-state index < -0.39 is 0 Å². The van der Waals surface area contributed by atoms with Gasteiger partial charge in [-0.05, 0) is 23.8 Å². The van der Waals surface area contributed by atoms with Gasteiger partial charge in [-0.3, -0.25) is 10.00 Å². The normalized spacial score (nSPS) is 14.0. The first kappa shape index (κ1) is 22.6. The highest BCUT2D eigenvalue weighted by molar-refractivity contribution is 5.91. The van der Waals surface area contributed by atoms with Crippen LogP contribution in [0.2, 0.25) is 0 Å². The van der Waals surface area contributed by atoms with Gasteiger partial charge in [0, 0.05) is 43.5 Å². The van der Waals surface area contributed by atoms with E-state index in [2.05, 4.69) is 25.7 Å². The molecule has 0 bridgehead atoms. The van der Waals surface area contributed by atoms with Gasteiger partial charge in [0.1, 0.15) is 18.1 Å². The summed E-state index contributed by atoms with van der Waals surface area (Å²) in [6.45, 7) is 4.93. The first-order valence-corrected chi connectivity index (χ1v) is 11.0. The van der Waals surface area contributed by atoms with E-state index in [0.717, 1.165) is 55.3 Å². The third-order valence-corrected chi connectivity index (χ3v) is 5.46. The number of anilines is 1. The molecule has 0 atom stereocenters.